The Kier molecular flexibility index (Phi) is 6.58. The van der Waals surface area contributed by atoms with Crippen molar-refractivity contribution in [1.29, 1.82) is 0 Å². The highest BCUT2D eigenvalue weighted by Gasteiger charge is 2.08. The van der Waals surface area contributed by atoms with Crippen molar-refractivity contribution >= 4 is 17.5 Å². The lowest BCUT2D eigenvalue weighted by Gasteiger charge is -2.10. The molecule has 1 aromatic carbocycles. The van der Waals surface area contributed by atoms with E-state index in [1.807, 2.05) is 26.0 Å². The van der Waals surface area contributed by atoms with Crippen molar-refractivity contribution in [2.24, 2.45) is 5.92 Å². The summed E-state index contributed by atoms with van der Waals surface area (Å²) in [7, 11) is 0. The summed E-state index contributed by atoms with van der Waals surface area (Å²) in [6, 6.07) is 7.22. The van der Waals surface area contributed by atoms with Crippen LogP contribution in [-0.4, -0.2) is 24.9 Å². The van der Waals surface area contributed by atoms with E-state index in [4.69, 9.17) is 16.3 Å². The number of amides is 1. The first kappa shape index (κ1) is 14.8. The number of rotatable bonds is 7. The molecule has 1 rings (SSSR count). The number of hydrogen-bond donors (Lipinski definition) is 1. The van der Waals surface area contributed by atoms with Gasteiger partial charge in [-0.3, -0.25) is 4.79 Å². The van der Waals surface area contributed by atoms with Gasteiger partial charge in [0.15, 0.2) is 0 Å². The SMILES string of the molecule is CCCOc1cccc(C(=O)NCC(C)CCl)c1. The van der Waals surface area contributed by atoms with Crippen LogP contribution in [-0.2, 0) is 0 Å². The average molecular weight is 270 g/mol. The summed E-state index contributed by atoms with van der Waals surface area (Å²) in [6.07, 6.45) is 0.948. The molecule has 0 aliphatic rings. The maximum atomic E-state index is 11.9. The minimum atomic E-state index is -0.0890. The summed E-state index contributed by atoms with van der Waals surface area (Å²) >= 11 is 5.69. The Morgan fingerprint density at radius 2 is 2.28 bits per heavy atom. The Labute approximate surface area is 113 Å². The number of nitrogens with one attached hydrogen (secondary N) is 1. The van der Waals surface area contributed by atoms with Gasteiger partial charge in [-0.15, -0.1) is 11.6 Å². The molecule has 0 radical (unpaired) electrons. The molecular weight excluding hydrogens is 250 g/mol. The summed E-state index contributed by atoms with van der Waals surface area (Å²) < 4.78 is 5.49. The lowest BCUT2D eigenvalue weighted by atomic mass is 10.2. The van der Waals surface area contributed by atoms with Crippen LogP contribution in [0.4, 0.5) is 0 Å². The van der Waals surface area contributed by atoms with Crippen LogP contribution < -0.4 is 10.1 Å². The van der Waals surface area contributed by atoms with E-state index in [1.54, 1.807) is 12.1 Å². The lowest BCUT2D eigenvalue weighted by molar-refractivity contribution is 0.0949. The van der Waals surface area contributed by atoms with Gasteiger partial charge in [0.05, 0.1) is 6.61 Å². The predicted octanol–water partition coefficient (Wildman–Crippen LogP) is 3.08. The molecule has 0 saturated carbocycles. The Balaban J connectivity index is 2.56. The van der Waals surface area contributed by atoms with Crippen LogP contribution in [0.1, 0.15) is 30.6 Å². The minimum absolute atomic E-state index is 0.0890. The Bertz CT molecular complexity index is 382. The normalized spacial score (nSPS) is 11.9. The molecule has 0 aliphatic carbocycles. The lowest BCUT2D eigenvalue weighted by Crippen LogP contribution is -2.28. The van der Waals surface area contributed by atoms with Crippen LogP contribution in [0.15, 0.2) is 24.3 Å². The van der Waals surface area contributed by atoms with E-state index < -0.39 is 0 Å². The summed E-state index contributed by atoms with van der Waals surface area (Å²) in [4.78, 5) is 11.9. The zero-order chi connectivity index (χ0) is 13.4. The third-order valence-corrected chi connectivity index (χ3v) is 2.97. The summed E-state index contributed by atoms with van der Waals surface area (Å²) in [5.41, 5.74) is 0.616. The molecule has 0 aliphatic heterocycles. The Morgan fingerprint density at radius 3 is 2.94 bits per heavy atom. The van der Waals surface area contributed by atoms with Crippen molar-refractivity contribution in [3.05, 3.63) is 29.8 Å². The molecule has 18 heavy (non-hydrogen) atoms. The molecule has 1 amide bonds. The van der Waals surface area contributed by atoms with Crippen molar-refractivity contribution in [3.8, 4) is 5.75 Å². The first-order valence-electron chi connectivity index (χ1n) is 6.24. The molecule has 4 heteroatoms. The second-order valence-corrected chi connectivity index (χ2v) is 4.65. The zero-order valence-electron chi connectivity index (χ0n) is 10.9. The maximum absolute atomic E-state index is 11.9. The molecule has 0 bridgehead atoms. The molecule has 3 nitrogen and oxygen atoms in total. The maximum Gasteiger partial charge on any atom is 0.251 e. The van der Waals surface area contributed by atoms with Gasteiger partial charge < -0.3 is 10.1 Å². The highest BCUT2D eigenvalue weighted by Crippen LogP contribution is 2.13. The minimum Gasteiger partial charge on any atom is -0.494 e. The molecular formula is C14H20ClNO2. The number of carbonyl (C=O) groups is 1. The third-order valence-electron chi connectivity index (χ3n) is 2.44. The van der Waals surface area contributed by atoms with E-state index >= 15 is 0 Å². The van der Waals surface area contributed by atoms with Gasteiger partial charge in [0.1, 0.15) is 5.75 Å². The van der Waals surface area contributed by atoms with Crippen LogP contribution >= 0.6 is 11.6 Å². The molecule has 1 N–H and O–H groups in total. The van der Waals surface area contributed by atoms with Gasteiger partial charge in [-0.25, -0.2) is 0 Å². The van der Waals surface area contributed by atoms with Crippen molar-refractivity contribution in [2.75, 3.05) is 19.0 Å². The van der Waals surface area contributed by atoms with Gasteiger partial charge >= 0.3 is 0 Å². The predicted molar refractivity (Wildman–Crippen MR) is 74.4 cm³/mol. The molecule has 0 saturated heterocycles. The van der Waals surface area contributed by atoms with Crippen LogP contribution in [0.2, 0.25) is 0 Å². The molecule has 0 heterocycles. The molecule has 1 unspecified atom stereocenters. The monoisotopic (exact) mass is 269 g/mol. The second kappa shape index (κ2) is 7.98. The van der Waals surface area contributed by atoms with E-state index in [0.29, 0.717) is 24.6 Å². The molecule has 0 aromatic heterocycles. The van der Waals surface area contributed by atoms with Gasteiger partial charge in [-0.05, 0) is 30.5 Å². The summed E-state index contributed by atoms with van der Waals surface area (Å²) in [5, 5.41) is 2.85. The van der Waals surface area contributed by atoms with Crippen molar-refractivity contribution in [2.45, 2.75) is 20.3 Å². The zero-order valence-corrected chi connectivity index (χ0v) is 11.7. The summed E-state index contributed by atoms with van der Waals surface area (Å²) in [6.45, 7) is 5.29. The largest absolute Gasteiger partial charge is 0.494 e. The number of alkyl halides is 1. The smallest absolute Gasteiger partial charge is 0.251 e. The average Bonchev–Trinajstić information content (AvgIpc) is 2.42. The van der Waals surface area contributed by atoms with Gasteiger partial charge in [0, 0.05) is 18.0 Å². The standard InChI is InChI=1S/C14H20ClNO2/c1-3-7-18-13-6-4-5-12(8-13)14(17)16-10-11(2)9-15/h4-6,8,11H,3,7,9-10H2,1-2H3,(H,16,17). The Hall–Kier alpha value is -1.22. The highest BCUT2D eigenvalue weighted by molar-refractivity contribution is 6.18. The fourth-order valence-corrected chi connectivity index (χ4v) is 1.48. The topological polar surface area (TPSA) is 38.3 Å². The van der Waals surface area contributed by atoms with E-state index in [2.05, 4.69) is 5.32 Å². The summed E-state index contributed by atoms with van der Waals surface area (Å²) in [5.74, 6) is 1.46. The fraction of sp³-hybridized carbons (Fsp3) is 0.500. The number of hydrogen-bond acceptors (Lipinski definition) is 2. The van der Waals surface area contributed by atoms with E-state index in [0.717, 1.165) is 12.2 Å². The Morgan fingerprint density at radius 1 is 1.50 bits per heavy atom. The number of carbonyl (C=O) groups excluding carboxylic acids is 1. The molecule has 100 valence electrons. The molecule has 1 aromatic rings. The highest BCUT2D eigenvalue weighted by atomic mass is 35.5. The first-order valence-corrected chi connectivity index (χ1v) is 6.77. The van der Waals surface area contributed by atoms with Crippen LogP contribution in [0.3, 0.4) is 0 Å². The number of benzene rings is 1. The van der Waals surface area contributed by atoms with Crippen LogP contribution in [0.5, 0.6) is 5.75 Å². The number of halogens is 1. The van der Waals surface area contributed by atoms with Crippen molar-refractivity contribution in [1.82, 2.24) is 5.32 Å². The molecule has 1 atom stereocenters. The van der Waals surface area contributed by atoms with E-state index in [-0.39, 0.29) is 11.8 Å². The number of ether oxygens (including phenoxy) is 1. The van der Waals surface area contributed by atoms with Gasteiger partial charge in [-0.2, -0.15) is 0 Å². The van der Waals surface area contributed by atoms with Gasteiger partial charge in [0.25, 0.3) is 5.91 Å². The molecule has 0 fully saturated rings. The van der Waals surface area contributed by atoms with Gasteiger partial charge in [0.2, 0.25) is 0 Å². The third kappa shape index (κ3) is 4.96. The first-order chi connectivity index (χ1) is 8.67. The van der Waals surface area contributed by atoms with Crippen molar-refractivity contribution in [3.63, 3.8) is 0 Å². The fourth-order valence-electron chi connectivity index (χ4n) is 1.37. The van der Waals surface area contributed by atoms with Gasteiger partial charge in [-0.1, -0.05) is 19.9 Å². The van der Waals surface area contributed by atoms with Crippen molar-refractivity contribution < 1.29 is 9.53 Å². The molecule has 0 spiro atoms. The van der Waals surface area contributed by atoms with Crippen LogP contribution in [0, 0.1) is 5.92 Å². The van der Waals surface area contributed by atoms with E-state index in [9.17, 15) is 4.79 Å². The van der Waals surface area contributed by atoms with E-state index in [1.165, 1.54) is 0 Å². The quantitative estimate of drug-likeness (QED) is 0.773. The van der Waals surface area contributed by atoms with Crippen LogP contribution in [0.25, 0.3) is 0 Å². The second-order valence-electron chi connectivity index (χ2n) is 4.35.